The van der Waals surface area contributed by atoms with Gasteiger partial charge in [0.05, 0.1) is 11.6 Å². The van der Waals surface area contributed by atoms with Gasteiger partial charge in [0.15, 0.2) is 11.5 Å². The molecule has 114 valence electrons. The number of hydrogen-bond donors (Lipinski definition) is 5. The molecule has 0 amide bonds. The topological polar surface area (TPSA) is 112 Å². The molecular formula is C15H11ClO6. The molecule has 0 atom stereocenters. The Kier molecular flexibility index (Phi) is 3.88. The summed E-state index contributed by atoms with van der Waals surface area (Å²) in [6, 6.07) is 7.63. The van der Waals surface area contributed by atoms with E-state index in [0.717, 1.165) is 6.07 Å². The lowest BCUT2D eigenvalue weighted by Gasteiger charge is -2.01. The van der Waals surface area contributed by atoms with Gasteiger partial charge >= 0.3 is 11.3 Å². The van der Waals surface area contributed by atoms with E-state index in [2.05, 4.69) is 0 Å². The molecular weight excluding hydrogens is 312 g/mol. The minimum Gasteiger partial charge on any atom is -1.00 e. The Morgan fingerprint density at radius 2 is 1.41 bits per heavy atom. The van der Waals surface area contributed by atoms with Crippen LogP contribution in [0.4, 0.5) is 0 Å². The van der Waals surface area contributed by atoms with Gasteiger partial charge in [-0.15, -0.1) is 0 Å². The molecule has 7 heteroatoms. The van der Waals surface area contributed by atoms with Crippen molar-refractivity contribution in [3.63, 3.8) is 0 Å². The van der Waals surface area contributed by atoms with Crippen LogP contribution in [0.1, 0.15) is 0 Å². The van der Waals surface area contributed by atoms with Gasteiger partial charge in [-0.3, -0.25) is 0 Å². The van der Waals surface area contributed by atoms with Crippen LogP contribution in [0.3, 0.4) is 0 Å². The zero-order valence-corrected chi connectivity index (χ0v) is 11.7. The van der Waals surface area contributed by atoms with E-state index in [0.29, 0.717) is 5.56 Å². The van der Waals surface area contributed by atoms with Crippen LogP contribution in [0.15, 0.2) is 40.8 Å². The fourth-order valence-corrected chi connectivity index (χ4v) is 2.06. The molecule has 1 heterocycles. The van der Waals surface area contributed by atoms with Gasteiger partial charge in [0.2, 0.25) is 5.75 Å². The Hall–Kier alpha value is -2.86. The number of fused-ring (bicyclic) bond motifs is 1. The first kappa shape index (κ1) is 15.5. The average molecular weight is 323 g/mol. The zero-order valence-electron chi connectivity index (χ0n) is 11.0. The lowest BCUT2D eigenvalue weighted by Crippen LogP contribution is -3.00. The van der Waals surface area contributed by atoms with Crippen molar-refractivity contribution in [3.05, 3.63) is 36.4 Å². The third kappa shape index (κ3) is 2.51. The SMILES string of the molecule is Oc1cc(O)c2cc(O)c(-c3ccc(O)c(O)c3)[o+]c2c1.[Cl-]. The molecule has 5 N–H and O–H groups in total. The van der Waals surface area contributed by atoms with Gasteiger partial charge < -0.3 is 37.9 Å². The fourth-order valence-electron chi connectivity index (χ4n) is 2.06. The molecule has 0 unspecified atom stereocenters. The Morgan fingerprint density at radius 3 is 2.09 bits per heavy atom. The van der Waals surface area contributed by atoms with Crippen LogP contribution in [0.5, 0.6) is 28.7 Å². The smallest absolute Gasteiger partial charge is 0.402 e. The minimum absolute atomic E-state index is 0. The van der Waals surface area contributed by atoms with Crippen LogP contribution < -0.4 is 12.4 Å². The molecule has 3 aromatic rings. The lowest BCUT2D eigenvalue weighted by atomic mass is 10.1. The van der Waals surface area contributed by atoms with Crippen molar-refractivity contribution < 1.29 is 42.4 Å². The molecule has 0 saturated carbocycles. The highest BCUT2D eigenvalue weighted by Gasteiger charge is 2.24. The van der Waals surface area contributed by atoms with Gasteiger partial charge in [-0.2, -0.15) is 0 Å². The molecule has 2 aromatic carbocycles. The highest BCUT2D eigenvalue weighted by atomic mass is 35.5. The first-order valence-electron chi connectivity index (χ1n) is 6.00. The molecule has 0 aliphatic rings. The summed E-state index contributed by atoms with van der Waals surface area (Å²) in [6.45, 7) is 0. The summed E-state index contributed by atoms with van der Waals surface area (Å²) in [5.41, 5.74) is 0.486. The van der Waals surface area contributed by atoms with Crippen molar-refractivity contribution in [2.24, 2.45) is 0 Å². The summed E-state index contributed by atoms with van der Waals surface area (Å²) in [5, 5.41) is 48.2. The fraction of sp³-hybridized carbons (Fsp3) is 0. The van der Waals surface area contributed by atoms with E-state index in [1.807, 2.05) is 0 Å². The standard InChI is InChI=1S/C15H10O6.ClH/c16-8-4-11(18)9-6-13(20)15(21-14(9)5-8)7-1-2-10(17)12(19)3-7;/h1-6H,(H4-,16,17,18,19,20);1H. The lowest BCUT2D eigenvalue weighted by molar-refractivity contribution is -0.00000944. The predicted molar refractivity (Wildman–Crippen MR) is 74.4 cm³/mol. The average Bonchev–Trinajstić information content (AvgIpc) is 2.42. The number of benzene rings is 2. The summed E-state index contributed by atoms with van der Waals surface area (Å²) in [5.74, 6) is -1.30. The van der Waals surface area contributed by atoms with Crippen LogP contribution in [-0.4, -0.2) is 25.5 Å². The Morgan fingerprint density at radius 1 is 0.682 bits per heavy atom. The van der Waals surface area contributed by atoms with Crippen LogP contribution in [0.25, 0.3) is 22.3 Å². The molecule has 22 heavy (non-hydrogen) atoms. The van der Waals surface area contributed by atoms with Gasteiger partial charge in [0, 0.05) is 18.2 Å². The van der Waals surface area contributed by atoms with E-state index in [4.69, 9.17) is 4.42 Å². The highest BCUT2D eigenvalue weighted by Crippen LogP contribution is 2.40. The second kappa shape index (κ2) is 5.50. The molecule has 1 aromatic heterocycles. The van der Waals surface area contributed by atoms with Crippen molar-refractivity contribution in [2.45, 2.75) is 0 Å². The van der Waals surface area contributed by atoms with Crippen LogP contribution in [-0.2, 0) is 0 Å². The molecule has 0 fully saturated rings. The van der Waals surface area contributed by atoms with Gasteiger partial charge in [-0.25, -0.2) is 4.42 Å². The van der Waals surface area contributed by atoms with Crippen molar-refractivity contribution in [3.8, 4) is 40.1 Å². The van der Waals surface area contributed by atoms with E-state index >= 15 is 0 Å². The molecule has 0 aliphatic heterocycles. The van der Waals surface area contributed by atoms with Crippen molar-refractivity contribution >= 4 is 11.0 Å². The monoisotopic (exact) mass is 322 g/mol. The summed E-state index contributed by atoms with van der Waals surface area (Å²) < 4.78 is 5.47. The Bertz CT molecular complexity index is 862. The van der Waals surface area contributed by atoms with E-state index in [1.54, 1.807) is 0 Å². The largest absolute Gasteiger partial charge is 1.00 e. The van der Waals surface area contributed by atoms with E-state index in [9.17, 15) is 25.5 Å². The summed E-state index contributed by atoms with van der Waals surface area (Å²) in [4.78, 5) is 0. The summed E-state index contributed by atoms with van der Waals surface area (Å²) in [7, 11) is 0. The number of rotatable bonds is 1. The van der Waals surface area contributed by atoms with E-state index in [1.165, 1.54) is 30.3 Å². The van der Waals surface area contributed by atoms with Crippen molar-refractivity contribution in [1.82, 2.24) is 0 Å². The third-order valence-electron chi connectivity index (χ3n) is 3.07. The molecule has 0 spiro atoms. The van der Waals surface area contributed by atoms with E-state index in [-0.39, 0.29) is 57.9 Å². The molecule has 3 rings (SSSR count). The van der Waals surface area contributed by atoms with Gasteiger partial charge in [-0.05, 0) is 12.1 Å². The summed E-state index contributed by atoms with van der Waals surface area (Å²) >= 11 is 0. The molecule has 0 bridgehead atoms. The number of hydrogen-bond acceptors (Lipinski definition) is 5. The highest BCUT2D eigenvalue weighted by molar-refractivity contribution is 5.88. The third-order valence-corrected chi connectivity index (χ3v) is 3.07. The maximum absolute atomic E-state index is 10.0. The molecule has 0 saturated heterocycles. The normalized spacial score (nSPS) is 10.4. The minimum atomic E-state index is -0.360. The van der Waals surface area contributed by atoms with E-state index < -0.39 is 0 Å². The predicted octanol–water partition coefficient (Wildman–Crippen LogP) is -0.0871. The summed E-state index contributed by atoms with van der Waals surface area (Å²) in [6.07, 6.45) is 0. The molecule has 0 radical (unpaired) electrons. The van der Waals surface area contributed by atoms with Crippen LogP contribution in [0, 0.1) is 0 Å². The maximum Gasteiger partial charge on any atom is 0.402 e. The maximum atomic E-state index is 10.0. The Balaban J connectivity index is 0.00000176. The van der Waals surface area contributed by atoms with Gasteiger partial charge in [-0.1, -0.05) is 0 Å². The quantitative estimate of drug-likeness (QED) is 0.316. The van der Waals surface area contributed by atoms with Crippen LogP contribution >= 0.6 is 0 Å². The molecule has 0 aliphatic carbocycles. The van der Waals surface area contributed by atoms with Crippen molar-refractivity contribution in [1.29, 1.82) is 0 Å². The van der Waals surface area contributed by atoms with Gasteiger partial charge in [0.1, 0.15) is 16.9 Å². The number of halogens is 1. The van der Waals surface area contributed by atoms with Crippen LogP contribution in [0.2, 0.25) is 0 Å². The second-order valence-electron chi connectivity index (χ2n) is 4.54. The first-order valence-corrected chi connectivity index (χ1v) is 6.00. The number of phenolic OH excluding ortho intramolecular Hbond substituents is 4. The molecule has 6 nitrogen and oxygen atoms in total. The number of aromatic hydroxyl groups is 5. The Labute approximate surface area is 130 Å². The zero-order chi connectivity index (χ0) is 15.1. The number of phenols is 4. The van der Waals surface area contributed by atoms with Gasteiger partial charge in [0.25, 0.3) is 0 Å². The second-order valence-corrected chi connectivity index (χ2v) is 4.54. The van der Waals surface area contributed by atoms with Crippen molar-refractivity contribution in [2.75, 3.05) is 0 Å². The first-order chi connectivity index (χ1) is 9.95.